The number of benzene rings is 2. The monoisotopic (exact) mass is 461 g/mol. The Balaban J connectivity index is 1.93. The Hall–Kier alpha value is -2.25. The Morgan fingerprint density at radius 1 is 1.11 bits per heavy atom. The van der Waals surface area contributed by atoms with Crippen molar-refractivity contribution in [3.8, 4) is 11.5 Å². The molecule has 1 fully saturated rings. The van der Waals surface area contributed by atoms with E-state index >= 15 is 0 Å². The lowest BCUT2D eigenvalue weighted by atomic mass is 10.1. The van der Waals surface area contributed by atoms with Gasteiger partial charge in [-0.2, -0.15) is 0 Å². The molecule has 0 unspecified atom stereocenters. The minimum atomic E-state index is -0.332. The molecule has 0 radical (unpaired) electrons. The van der Waals surface area contributed by atoms with E-state index in [-0.39, 0.29) is 11.1 Å². The van der Waals surface area contributed by atoms with Gasteiger partial charge in [0.15, 0.2) is 11.5 Å². The van der Waals surface area contributed by atoms with Crippen molar-refractivity contribution in [1.29, 1.82) is 0 Å². The predicted molar refractivity (Wildman–Crippen MR) is 116 cm³/mol. The van der Waals surface area contributed by atoms with Crippen molar-refractivity contribution in [2.75, 3.05) is 18.1 Å². The fourth-order valence-electron chi connectivity index (χ4n) is 2.70. The van der Waals surface area contributed by atoms with E-state index in [4.69, 9.17) is 9.47 Å². The molecule has 28 heavy (non-hydrogen) atoms. The SMILES string of the molecule is CCCOc1c(Br)cc(/C=C2/SC(=O)N(c3ccccc3)C2=O)cc1OCC. The number of imide groups is 1. The highest BCUT2D eigenvalue weighted by Crippen LogP contribution is 2.40. The van der Waals surface area contributed by atoms with E-state index < -0.39 is 0 Å². The number of hydrogen-bond donors (Lipinski definition) is 0. The van der Waals surface area contributed by atoms with Crippen LogP contribution in [0.3, 0.4) is 0 Å². The summed E-state index contributed by atoms with van der Waals surface area (Å²) >= 11 is 4.45. The molecule has 0 bridgehead atoms. The fourth-order valence-corrected chi connectivity index (χ4v) is 4.11. The summed E-state index contributed by atoms with van der Waals surface area (Å²) in [5.41, 5.74) is 1.31. The van der Waals surface area contributed by atoms with Gasteiger partial charge in [-0.1, -0.05) is 25.1 Å². The Bertz CT molecular complexity index is 914. The first-order valence-electron chi connectivity index (χ1n) is 8.97. The zero-order valence-corrected chi connectivity index (χ0v) is 18.0. The van der Waals surface area contributed by atoms with Crippen molar-refractivity contribution in [1.82, 2.24) is 0 Å². The molecule has 2 amide bonds. The second kappa shape index (κ2) is 9.30. The summed E-state index contributed by atoms with van der Waals surface area (Å²) in [6, 6.07) is 12.6. The van der Waals surface area contributed by atoms with Gasteiger partial charge in [-0.15, -0.1) is 0 Å². The van der Waals surface area contributed by atoms with Gasteiger partial charge in [0.05, 0.1) is 28.3 Å². The summed E-state index contributed by atoms with van der Waals surface area (Å²) in [4.78, 5) is 26.7. The standard InChI is InChI=1S/C21H20BrNO4S/c1-3-10-27-19-16(22)11-14(12-17(19)26-4-2)13-18-20(24)23(21(25)28-18)15-8-6-5-7-9-15/h5-9,11-13H,3-4,10H2,1-2H3/b18-13+. The zero-order chi connectivity index (χ0) is 20.1. The maximum absolute atomic E-state index is 12.8. The van der Waals surface area contributed by atoms with Gasteiger partial charge < -0.3 is 9.47 Å². The van der Waals surface area contributed by atoms with Crippen LogP contribution in [-0.4, -0.2) is 24.4 Å². The van der Waals surface area contributed by atoms with Gasteiger partial charge in [-0.25, -0.2) is 4.90 Å². The number of para-hydroxylation sites is 1. The van der Waals surface area contributed by atoms with Crippen LogP contribution in [0.4, 0.5) is 10.5 Å². The van der Waals surface area contributed by atoms with E-state index in [1.807, 2.05) is 32.0 Å². The number of halogens is 1. The third kappa shape index (κ3) is 4.42. The molecule has 0 N–H and O–H groups in total. The smallest absolute Gasteiger partial charge is 0.298 e. The number of rotatable bonds is 7. The van der Waals surface area contributed by atoms with E-state index in [2.05, 4.69) is 15.9 Å². The van der Waals surface area contributed by atoms with Crippen LogP contribution in [0.5, 0.6) is 11.5 Å². The van der Waals surface area contributed by atoms with Gasteiger partial charge in [-0.05, 0) is 76.9 Å². The highest BCUT2D eigenvalue weighted by Gasteiger charge is 2.36. The van der Waals surface area contributed by atoms with Gasteiger partial charge in [0.2, 0.25) is 0 Å². The Morgan fingerprint density at radius 3 is 2.54 bits per heavy atom. The quantitative estimate of drug-likeness (QED) is 0.482. The zero-order valence-electron chi connectivity index (χ0n) is 15.6. The minimum absolute atomic E-state index is 0.311. The van der Waals surface area contributed by atoms with E-state index in [0.717, 1.165) is 28.2 Å². The van der Waals surface area contributed by atoms with Crippen molar-refractivity contribution in [3.05, 3.63) is 57.4 Å². The largest absolute Gasteiger partial charge is 0.490 e. The van der Waals surface area contributed by atoms with Crippen LogP contribution in [0.15, 0.2) is 51.8 Å². The maximum atomic E-state index is 12.8. The Kier molecular flexibility index (Phi) is 6.80. The van der Waals surface area contributed by atoms with Gasteiger partial charge in [0.25, 0.3) is 11.1 Å². The van der Waals surface area contributed by atoms with E-state index in [1.165, 1.54) is 4.90 Å². The molecule has 3 rings (SSSR count). The van der Waals surface area contributed by atoms with Gasteiger partial charge in [0, 0.05) is 0 Å². The van der Waals surface area contributed by atoms with E-state index in [0.29, 0.717) is 35.3 Å². The van der Waals surface area contributed by atoms with Crippen molar-refractivity contribution >= 4 is 50.6 Å². The first-order valence-corrected chi connectivity index (χ1v) is 10.6. The molecule has 0 aliphatic carbocycles. The summed E-state index contributed by atoms with van der Waals surface area (Å²) in [7, 11) is 0. The normalized spacial score (nSPS) is 15.4. The third-order valence-electron chi connectivity index (χ3n) is 3.89. The lowest BCUT2D eigenvalue weighted by Crippen LogP contribution is -2.27. The molecule has 5 nitrogen and oxygen atoms in total. The van der Waals surface area contributed by atoms with Gasteiger partial charge in [0.1, 0.15) is 0 Å². The van der Waals surface area contributed by atoms with Crippen LogP contribution in [0, 0.1) is 0 Å². The third-order valence-corrected chi connectivity index (χ3v) is 5.35. The predicted octanol–water partition coefficient (Wildman–Crippen LogP) is 5.88. The van der Waals surface area contributed by atoms with E-state index in [9.17, 15) is 9.59 Å². The highest BCUT2D eigenvalue weighted by molar-refractivity contribution is 9.10. The van der Waals surface area contributed by atoms with Crippen LogP contribution in [0.25, 0.3) is 6.08 Å². The number of hydrogen-bond acceptors (Lipinski definition) is 5. The number of carbonyl (C=O) groups excluding carboxylic acids is 2. The summed E-state index contributed by atoms with van der Waals surface area (Å²) < 4.78 is 12.2. The summed E-state index contributed by atoms with van der Waals surface area (Å²) in [5, 5.41) is -0.311. The lowest BCUT2D eigenvalue weighted by Gasteiger charge is -2.14. The van der Waals surface area contributed by atoms with Crippen LogP contribution in [0.2, 0.25) is 0 Å². The molecule has 2 aromatic carbocycles. The van der Waals surface area contributed by atoms with Crippen molar-refractivity contribution in [2.45, 2.75) is 20.3 Å². The van der Waals surface area contributed by atoms with Crippen LogP contribution in [0.1, 0.15) is 25.8 Å². The summed E-state index contributed by atoms with van der Waals surface area (Å²) in [5.74, 6) is 0.902. The number of anilines is 1. The van der Waals surface area contributed by atoms with Crippen molar-refractivity contribution < 1.29 is 19.1 Å². The molecular formula is C21H20BrNO4S. The molecule has 146 valence electrons. The first-order chi connectivity index (χ1) is 13.5. The Labute approximate surface area is 176 Å². The first kappa shape index (κ1) is 20.5. The van der Waals surface area contributed by atoms with E-state index in [1.54, 1.807) is 30.3 Å². The fraction of sp³-hybridized carbons (Fsp3) is 0.238. The average molecular weight is 462 g/mol. The topological polar surface area (TPSA) is 55.8 Å². The maximum Gasteiger partial charge on any atom is 0.298 e. The van der Waals surface area contributed by atoms with Crippen LogP contribution < -0.4 is 14.4 Å². The second-order valence-electron chi connectivity index (χ2n) is 5.96. The highest BCUT2D eigenvalue weighted by atomic mass is 79.9. The molecule has 1 saturated heterocycles. The number of carbonyl (C=O) groups is 2. The van der Waals surface area contributed by atoms with Gasteiger partial charge >= 0.3 is 0 Å². The van der Waals surface area contributed by atoms with Crippen LogP contribution in [-0.2, 0) is 4.79 Å². The number of nitrogens with zero attached hydrogens (tertiary/aromatic N) is 1. The second-order valence-corrected chi connectivity index (χ2v) is 7.81. The molecule has 0 spiro atoms. The molecule has 1 aliphatic heterocycles. The number of amides is 2. The number of thioether (sulfide) groups is 1. The number of ether oxygens (including phenoxy) is 2. The molecule has 1 heterocycles. The van der Waals surface area contributed by atoms with Crippen molar-refractivity contribution in [3.63, 3.8) is 0 Å². The van der Waals surface area contributed by atoms with Gasteiger partial charge in [-0.3, -0.25) is 9.59 Å². The molecule has 1 aliphatic rings. The molecule has 0 saturated carbocycles. The van der Waals surface area contributed by atoms with Crippen LogP contribution >= 0.6 is 27.7 Å². The molecule has 7 heteroatoms. The summed E-state index contributed by atoms with van der Waals surface area (Å²) in [6.07, 6.45) is 2.58. The van der Waals surface area contributed by atoms with Crippen molar-refractivity contribution in [2.24, 2.45) is 0 Å². The lowest BCUT2D eigenvalue weighted by molar-refractivity contribution is -0.113. The molecular weight excluding hydrogens is 442 g/mol. The molecule has 2 aromatic rings. The average Bonchev–Trinajstić information content (AvgIpc) is 2.95. The minimum Gasteiger partial charge on any atom is -0.490 e. The molecule has 0 atom stereocenters. The Morgan fingerprint density at radius 2 is 1.86 bits per heavy atom. The molecule has 0 aromatic heterocycles. The summed E-state index contributed by atoms with van der Waals surface area (Å²) in [6.45, 7) is 5.00.